The SMILES string of the molecule is CNC1COCC1c1nc2cc(Cl)cc(Cl)c2o1. The summed E-state index contributed by atoms with van der Waals surface area (Å²) in [6.07, 6.45) is 0. The zero-order valence-electron chi connectivity index (χ0n) is 9.74. The van der Waals surface area contributed by atoms with Crippen LogP contribution in [0.4, 0.5) is 0 Å². The minimum Gasteiger partial charge on any atom is -0.439 e. The van der Waals surface area contributed by atoms with Gasteiger partial charge in [0.1, 0.15) is 5.52 Å². The molecule has 1 saturated heterocycles. The summed E-state index contributed by atoms with van der Waals surface area (Å²) in [7, 11) is 1.90. The zero-order valence-corrected chi connectivity index (χ0v) is 11.3. The number of benzene rings is 1. The van der Waals surface area contributed by atoms with Gasteiger partial charge in [-0.15, -0.1) is 0 Å². The second kappa shape index (κ2) is 4.70. The molecule has 1 aliphatic heterocycles. The van der Waals surface area contributed by atoms with Crippen molar-refractivity contribution in [3.63, 3.8) is 0 Å². The monoisotopic (exact) mass is 286 g/mol. The van der Waals surface area contributed by atoms with Crippen LogP contribution in [0, 0.1) is 0 Å². The van der Waals surface area contributed by atoms with E-state index in [-0.39, 0.29) is 12.0 Å². The maximum atomic E-state index is 6.09. The summed E-state index contributed by atoms with van der Waals surface area (Å²) in [5.41, 5.74) is 1.27. The highest BCUT2D eigenvalue weighted by Gasteiger charge is 2.32. The smallest absolute Gasteiger partial charge is 0.202 e. The maximum Gasteiger partial charge on any atom is 0.202 e. The van der Waals surface area contributed by atoms with E-state index in [4.69, 9.17) is 32.4 Å². The zero-order chi connectivity index (χ0) is 12.7. The minimum atomic E-state index is 0.109. The third kappa shape index (κ3) is 1.99. The Hall–Kier alpha value is -0.810. The van der Waals surface area contributed by atoms with E-state index < -0.39 is 0 Å². The summed E-state index contributed by atoms with van der Waals surface area (Å²) in [5.74, 6) is 0.753. The molecule has 2 unspecified atom stereocenters. The Morgan fingerprint density at radius 3 is 2.94 bits per heavy atom. The molecule has 1 fully saturated rings. The molecule has 0 aliphatic carbocycles. The fourth-order valence-corrected chi connectivity index (χ4v) is 2.74. The first kappa shape index (κ1) is 12.2. The molecule has 0 amide bonds. The molecule has 1 N–H and O–H groups in total. The number of hydrogen-bond donors (Lipinski definition) is 1. The number of aromatic nitrogens is 1. The molecule has 2 heterocycles. The third-order valence-corrected chi connectivity index (χ3v) is 3.69. The van der Waals surface area contributed by atoms with Crippen molar-refractivity contribution in [3.8, 4) is 0 Å². The number of ether oxygens (including phenoxy) is 1. The summed E-state index contributed by atoms with van der Waals surface area (Å²) in [5, 5.41) is 4.24. The molecule has 2 aromatic rings. The van der Waals surface area contributed by atoms with Gasteiger partial charge >= 0.3 is 0 Å². The Morgan fingerprint density at radius 2 is 2.17 bits per heavy atom. The number of hydrogen-bond acceptors (Lipinski definition) is 4. The van der Waals surface area contributed by atoms with Crippen molar-refractivity contribution in [2.75, 3.05) is 20.3 Å². The van der Waals surface area contributed by atoms with Crippen molar-refractivity contribution >= 4 is 34.3 Å². The Kier molecular flexibility index (Phi) is 3.20. The number of likely N-dealkylation sites (N-methyl/N-ethyl adjacent to an activating group) is 1. The second-order valence-electron chi connectivity index (χ2n) is 4.33. The van der Waals surface area contributed by atoms with Gasteiger partial charge in [-0.25, -0.2) is 4.98 Å². The molecule has 0 saturated carbocycles. The Balaban J connectivity index is 2.05. The molecule has 96 valence electrons. The lowest BCUT2D eigenvalue weighted by Crippen LogP contribution is -2.31. The first-order valence-electron chi connectivity index (χ1n) is 5.69. The van der Waals surface area contributed by atoms with Crippen molar-refractivity contribution in [2.24, 2.45) is 0 Å². The Bertz CT molecular complexity index is 585. The van der Waals surface area contributed by atoms with Gasteiger partial charge in [0, 0.05) is 11.1 Å². The van der Waals surface area contributed by atoms with Crippen LogP contribution in [-0.4, -0.2) is 31.3 Å². The normalized spacial score (nSPS) is 23.9. The lowest BCUT2D eigenvalue weighted by Gasteiger charge is -2.12. The van der Waals surface area contributed by atoms with Crippen molar-refractivity contribution < 1.29 is 9.15 Å². The van der Waals surface area contributed by atoms with Crippen molar-refractivity contribution in [2.45, 2.75) is 12.0 Å². The summed E-state index contributed by atoms with van der Waals surface area (Å²) in [6.45, 7) is 1.26. The molecule has 2 atom stereocenters. The number of fused-ring (bicyclic) bond motifs is 1. The fraction of sp³-hybridized carbons (Fsp3) is 0.417. The van der Waals surface area contributed by atoms with E-state index in [9.17, 15) is 0 Å². The van der Waals surface area contributed by atoms with Crippen LogP contribution >= 0.6 is 23.2 Å². The van der Waals surface area contributed by atoms with E-state index in [1.54, 1.807) is 12.1 Å². The second-order valence-corrected chi connectivity index (χ2v) is 5.17. The average Bonchev–Trinajstić information content (AvgIpc) is 2.92. The first-order valence-corrected chi connectivity index (χ1v) is 6.45. The summed E-state index contributed by atoms with van der Waals surface area (Å²) in [4.78, 5) is 4.46. The fourth-order valence-electron chi connectivity index (χ4n) is 2.22. The number of oxazole rings is 1. The molecule has 3 rings (SSSR count). The quantitative estimate of drug-likeness (QED) is 0.922. The van der Waals surface area contributed by atoms with Crippen molar-refractivity contribution in [1.82, 2.24) is 10.3 Å². The number of nitrogens with zero attached hydrogens (tertiary/aromatic N) is 1. The first-order chi connectivity index (χ1) is 8.69. The van der Waals surface area contributed by atoms with Crippen LogP contribution < -0.4 is 5.32 Å². The van der Waals surface area contributed by atoms with E-state index >= 15 is 0 Å². The summed E-state index contributed by atoms with van der Waals surface area (Å²) < 4.78 is 11.2. The van der Waals surface area contributed by atoms with Gasteiger partial charge in [0.05, 0.1) is 24.2 Å². The van der Waals surface area contributed by atoms with Crippen LogP contribution in [0.1, 0.15) is 11.8 Å². The number of halogens is 2. The largest absolute Gasteiger partial charge is 0.439 e. The van der Waals surface area contributed by atoms with Crippen LogP contribution in [0.3, 0.4) is 0 Å². The standard InChI is InChI=1S/C12H12Cl2N2O2/c1-15-10-5-17-4-7(10)12-16-9-3-6(13)2-8(14)11(9)18-12/h2-3,7,10,15H,4-5H2,1H3. The highest BCUT2D eigenvalue weighted by atomic mass is 35.5. The molecule has 0 bridgehead atoms. The number of rotatable bonds is 2. The molecule has 1 aliphatic rings. The summed E-state index contributed by atoms with van der Waals surface area (Å²) >= 11 is 12.0. The van der Waals surface area contributed by atoms with Crippen molar-refractivity contribution in [1.29, 1.82) is 0 Å². The van der Waals surface area contributed by atoms with E-state index in [0.29, 0.717) is 40.2 Å². The average molecular weight is 287 g/mol. The molecule has 4 nitrogen and oxygen atoms in total. The van der Waals surface area contributed by atoms with Gasteiger partial charge in [-0.3, -0.25) is 0 Å². The van der Waals surface area contributed by atoms with Gasteiger partial charge < -0.3 is 14.5 Å². The van der Waals surface area contributed by atoms with Gasteiger partial charge in [-0.2, -0.15) is 0 Å². The van der Waals surface area contributed by atoms with E-state index in [0.717, 1.165) is 0 Å². The molecular weight excluding hydrogens is 275 g/mol. The highest BCUT2D eigenvalue weighted by Crippen LogP contribution is 2.33. The van der Waals surface area contributed by atoms with Gasteiger partial charge in [0.2, 0.25) is 5.89 Å². The topological polar surface area (TPSA) is 47.3 Å². The molecule has 18 heavy (non-hydrogen) atoms. The predicted octanol–water partition coefficient (Wildman–Crippen LogP) is 2.84. The van der Waals surface area contributed by atoms with E-state index in [1.807, 2.05) is 7.05 Å². The van der Waals surface area contributed by atoms with Crippen LogP contribution in [0.5, 0.6) is 0 Å². The molecule has 6 heteroatoms. The van der Waals surface area contributed by atoms with E-state index in [2.05, 4.69) is 10.3 Å². The van der Waals surface area contributed by atoms with Gasteiger partial charge in [-0.1, -0.05) is 23.2 Å². The van der Waals surface area contributed by atoms with Gasteiger partial charge in [0.15, 0.2) is 5.58 Å². The lowest BCUT2D eigenvalue weighted by atomic mass is 10.0. The minimum absolute atomic E-state index is 0.109. The lowest BCUT2D eigenvalue weighted by molar-refractivity contribution is 0.186. The number of nitrogens with one attached hydrogen (secondary N) is 1. The van der Waals surface area contributed by atoms with Gasteiger partial charge in [-0.05, 0) is 19.2 Å². The van der Waals surface area contributed by atoms with Crippen molar-refractivity contribution in [3.05, 3.63) is 28.1 Å². The highest BCUT2D eigenvalue weighted by molar-refractivity contribution is 6.37. The van der Waals surface area contributed by atoms with Gasteiger partial charge in [0.25, 0.3) is 0 Å². The molecular formula is C12H12Cl2N2O2. The van der Waals surface area contributed by atoms with E-state index in [1.165, 1.54) is 0 Å². The van der Waals surface area contributed by atoms with Crippen LogP contribution in [0.25, 0.3) is 11.1 Å². The van der Waals surface area contributed by atoms with Crippen LogP contribution in [0.2, 0.25) is 10.0 Å². The Labute approximate surface area is 114 Å². The van der Waals surface area contributed by atoms with Crippen LogP contribution in [0.15, 0.2) is 16.5 Å². The molecule has 0 spiro atoms. The maximum absolute atomic E-state index is 6.09. The Morgan fingerprint density at radius 1 is 1.33 bits per heavy atom. The molecule has 1 aromatic heterocycles. The third-order valence-electron chi connectivity index (χ3n) is 3.19. The van der Waals surface area contributed by atoms with Crippen LogP contribution in [-0.2, 0) is 4.74 Å². The molecule has 1 aromatic carbocycles. The summed E-state index contributed by atoms with van der Waals surface area (Å²) in [6, 6.07) is 3.62. The predicted molar refractivity (Wildman–Crippen MR) is 70.4 cm³/mol. The molecule has 0 radical (unpaired) electrons.